The molecule has 6 heteroatoms. The highest BCUT2D eigenvalue weighted by Gasteiger charge is 2.27. The van der Waals surface area contributed by atoms with Crippen molar-refractivity contribution in [3.8, 4) is 17.1 Å². The van der Waals surface area contributed by atoms with E-state index in [1.54, 1.807) is 12.1 Å². The molecule has 6 nitrogen and oxygen atoms in total. The number of phenols is 1. The Morgan fingerprint density at radius 1 is 1.23 bits per heavy atom. The third-order valence-electron chi connectivity index (χ3n) is 6.40. The van der Waals surface area contributed by atoms with Crippen molar-refractivity contribution in [3.63, 3.8) is 0 Å². The monoisotopic (exact) mass is 404 g/mol. The molecule has 0 radical (unpaired) electrons. The van der Waals surface area contributed by atoms with Gasteiger partial charge >= 0.3 is 5.63 Å². The maximum absolute atomic E-state index is 12.9. The van der Waals surface area contributed by atoms with E-state index in [4.69, 9.17) is 4.42 Å². The highest BCUT2D eigenvalue weighted by Crippen LogP contribution is 2.29. The van der Waals surface area contributed by atoms with Gasteiger partial charge in [0.2, 0.25) is 0 Å². The highest BCUT2D eigenvalue weighted by atomic mass is 16.4. The summed E-state index contributed by atoms with van der Waals surface area (Å²) in [4.78, 5) is 22.1. The molecule has 0 spiro atoms. The number of fused-ring (bicyclic) bond motifs is 2. The Bertz CT molecular complexity index is 1240. The second-order valence-corrected chi connectivity index (χ2v) is 8.22. The average molecular weight is 404 g/mol. The van der Waals surface area contributed by atoms with Crippen molar-refractivity contribution in [2.75, 3.05) is 6.54 Å². The number of quaternary nitrogens is 1. The van der Waals surface area contributed by atoms with Gasteiger partial charge in [0.05, 0.1) is 29.2 Å². The first-order chi connectivity index (χ1) is 14.6. The number of aromatic hydroxyl groups is 1. The molecule has 0 saturated carbocycles. The molecule has 1 unspecified atom stereocenters. The molecular weight excluding hydrogens is 378 g/mol. The van der Waals surface area contributed by atoms with Gasteiger partial charge < -0.3 is 19.4 Å². The minimum absolute atomic E-state index is 0.190. The van der Waals surface area contributed by atoms with E-state index in [1.807, 2.05) is 30.3 Å². The first-order valence-electron chi connectivity index (χ1n) is 10.7. The molecule has 1 aliphatic heterocycles. The summed E-state index contributed by atoms with van der Waals surface area (Å²) in [7, 11) is 0. The molecule has 3 heterocycles. The van der Waals surface area contributed by atoms with Crippen LogP contribution in [0.1, 0.15) is 38.2 Å². The SMILES string of the molecule is CC[C@H]1CCCC[NH+]1Cc1c(O)ccc2cc(-c3nc4ccccc4[nH]3)c(=O)oc12. The summed E-state index contributed by atoms with van der Waals surface area (Å²) < 4.78 is 5.78. The molecule has 1 saturated heterocycles. The van der Waals surface area contributed by atoms with Crippen LogP contribution in [0, 0.1) is 0 Å². The van der Waals surface area contributed by atoms with E-state index in [0.29, 0.717) is 29.6 Å². The molecule has 0 amide bonds. The number of likely N-dealkylation sites (tertiary alicyclic amines) is 1. The standard InChI is InChI=1S/C24H25N3O3/c1-2-16-7-5-6-12-27(16)14-18-21(28)11-10-15-13-17(24(29)30-22(15)18)23-25-19-8-3-4-9-20(19)26-23/h3-4,8-11,13,16,28H,2,5-7,12,14H2,1H3,(H,25,26)/p+1/t16-/m0/s1. The van der Waals surface area contributed by atoms with Crippen molar-refractivity contribution in [3.05, 3.63) is 58.4 Å². The van der Waals surface area contributed by atoms with E-state index >= 15 is 0 Å². The lowest BCUT2D eigenvalue weighted by atomic mass is 9.98. The van der Waals surface area contributed by atoms with Crippen molar-refractivity contribution >= 4 is 22.0 Å². The summed E-state index contributed by atoms with van der Waals surface area (Å²) in [5.41, 5.74) is 2.82. The Balaban J connectivity index is 1.59. The first-order valence-corrected chi connectivity index (χ1v) is 10.7. The Hall–Kier alpha value is -3.12. The normalized spacial score (nSPS) is 19.5. The topological polar surface area (TPSA) is 83.6 Å². The van der Waals surface area contributed by atoms with Crippen LogP contribution in [0.25, 0.3) is 33.4 Å². The van der Waals surface area contributed by atoms with Crippen LogP contribution in [0.2, 0.25) is 0 Å². The van der Waals surface area contributed by atoms with Gasteiger partial charge in [-0.15, -0.1) is 0 Å². The molecule has 2 aromatic carbocycles. The van der Waals surface area contributed by atoms with Crippen molar-refractivity contribution in [1.82, 2.24) is 9.97 Å². The van der Waals surface area contributed by atoms with Gasteiger partial charge in [0.25, 0.3) is 0 Å². The fraction of sp³-hybridized carbons (Fsp3) is 0.333. The second-order valence-electron chi connectivity index (χ2n) is 8.22. The Labute approximate surface area is 174 Å². The molecule has 5 rings (SSSR count). The number of nitrogens with zero attached hydrogens (tertiary/aromatic N) is 1. The summed E-state index contributed by atoms with van der Waals surface area (Å²) in [6, 6.07) is 13.6. The maximum Gasteiger partial charge on any atom is 0.347 e. The summed E-state index contributed by atoms with van der Waals surface area (Å²) in [6.07, 6.45) is 4.77. The predicted octanol–water partition coefficient (Wildman–Crippen LogP) is 3.39. The van der Waals surface area contributed by atoms with Crippen LogP contribution >= 0.6 is 0 Å². The molecule has 1 aliphatic rings. The minimum atomic E-state index is -0.450. The number of phenolic OH excluding ortho intramolecular Hbond substituents is 1. The zero-order chi connectivity index (χ0) is 20.7. The number of nitrogens with one attached hydrogen (secondary N) is 2. The number of para-hydroxylation sites is 2. The van der Waals surface area contributed by atoms with Crippen LogP contribution in [-0.2, 0) is 6.54 Å². The van der Waals surface area contributed by atoms with Crippen molar-refractivity contribution in [2.24, 2.45) is 0 Å². The lowest BCUT2D eigenvalue weighted by Gasteiger charge is -2.32. The van der Waals surface area contributed by atoms with Gasteiger partial charge in [-0.05, 0) is 56.0 Å². The number of aromatic amines is 1. The van der Waals surface area contributed by atoms with Gasteiger partial charge in [-0.1, -0.05) is 19.1 Å². The quantitative estimate of drug-likeness (QED) is 0.455. The van der Waals surface area contributed by atoms with E-state index in [2.05, 4.69) is 16.9 Å². The van der Waals surface area contributed by atoms with E-state index in [1.165, 1.54) is 24.2 Å². The van der Waals surface area contributed by atoms with E-state index in [0.717, 1.165) is 34.9 Å². The molecule has 0 aliphatic carbocycles. The van der Waals surface area contributed by atoms with E-state index in [-0.39, 0.29) is 5.75 Å². The lowest BCUT2D eigenvalue weighted by Crippen LogP contribution is -3.15. The molecule has 1 fully saturated rings. The lowest BCUT2D eigenvalue weighted by molar-refractivity contribution is -0.944. The zero-order valence-corrected chi connectivity index (χ0v) is 17.1. The van der Waals surface area contributed by atoms with Crippen molar-refractivity contribution in [1.29, 1.82) is 0 Å². The number of piperidine rings is 1. The number of aromatic nitrogens is 2. The van der Waals surface area contributed by atoms with Crippen LogP contribution in [0.3, 0.4) is 0 Å². The molecule has 30 heavy (non-hydrogen) atoms. The number of imidazole rings is 1. The van der Waals surface area contributed by atoms with Crippen LogP contribution in [-0.4, -0.2) is 27.7 Å². The van der Waals surface area contributed by atoms with Gasteiger partial charge in [-0.25, -0.2) is 9.78 Å². The zero-order valence-electron chi connectivity index (χ0n) is 17.1. The maximum atomic E-state index is 12.9. The fourth-order valence-electron chi connectivity index (χ4n) is 4.75. The largest absolute Gasteiger partial charge is 0.507 e. The summed E-state index contributed by atoms with van der Waals surface area (Å²) in [5.74, 6) is 0.684. The molecule has 154 valence electrons. The molecule has 0 bridgehead atoms. The van der Waals surface area contributed by atoms with Gasteiger partial charge in [0, 0.05) is 5.39 Å². The molecular formula is C24H26N3O3+. The Morgan fingerprint density at radius 3 is 2.93 bits per heavy atom. The smallest absolute Gasteiger partial charge is 0.347 e. The van der Waals surface area contributed by atoms with Crippen LogP contribution in [0.15, 0.2) is 51.7 Å². The minimum Gasteiger partial charge on any atom is -0.507 e. The summed E-state index contributed by atoms with van der Waals surface area (Å²) >= 11 is 0. The highest BCUT2D eigenvalue weighted by molar-refractivity contribution is 5.86. The number of H-pyrrole nitrogens is 1. The van der Waals surface area contributed by atoms with Crippen molar-refractivity contribution in [2.45, 2.75) is 45.2 Å². The molecule has 2 atom stereocenters. The first kappa shape index (κ1) is 18.9. The van der Waals surface area contributed by atoms with Crippen molar-refractivity contribution < 1.29 is 14.4 Å². The molecule has 4 aromatic rings. The van der Waals surface area contributed by atoms with Crippen LogP contribution in [0.4, 0.5) is 0 Å². The summed E-state index contributed by atoms with van der Waals surface area (Å²) in [6.45, 7) is 3.96. The summed E-state index contributed by atoms with van der Waals surface area (Å²) in [5, 5.41) is 11.4. The number of hydrogen-bond donors (Lipinski definition) is 3. The third kappa shape index (κ3) is 3.27. The van der Waals surface area contributed by atoms with Gasteiger partial charge in [-0.2, -0.15) is 0 Å². The van der Waals surface area contributed by atoms with Gasteiger partial charge in [0.15, 0.2) is 5.58 Å². The third-order valence-corrected chi connectivity index (χ3v) is 6.40. The average Bonchev–Trinajstić information content (AvgIpc) is 3.20. The molecule has 3 N–H and O–H groups in total. The van der Waals surface area contributed by atoms with Crippen LogP contribution < -0.4 is 10.5 Å². The Morgan fingerprint density at radius 2 is 2.10 bits per heavy atom. The van der Waals surface area contributed by atoms with Gasteiger partial charge in [-0.3, -0.25) is 0 Å². The number of rotatable bonds is 4. The second kappa shape index (κ2) is 7.61. The van der Waals surface area contributed by atoms with E-state index in [9.17, 15) is 9.90 Å². The van der Waals surface area contributed by atoms with Gasteiger partial charge in [0.1, 0.15) is 23.7 Å². The fourth-order valence-corrected chi connectivity index (χ4v) is 4.75. The Kier molecular flexibility index (Phi) is 4.79. The van der Waals surface area contributed by atoms with E-state index < -0.39 is 5.63 Å². The number of hydrogen-bond acceptors (Lipinski definition) is 4. The molecule has 2 aromatic heterocycles. The number of benzene rings is 2. The van der Waals surface area contributed by atoms with Crippen LogP contribution in [0.5, 0.6) is 5.75 Å². The predicted molar refractivity (Wildman–Crippen MR) is 117 cm³/mol.